The van der Waals surface area contributed by atoms with Crippen LogP contribution in [0.15, 0.2) is 18.2 Å². The van der Waals surface area contributed by atoms with E-state index in [-0.39, 0.29) is 18.3 Å². The van der Waals surface area contributed by atoms with Crippen LogP contribution in [0.1, 0.15) is 24.8 Å². The predicted octanol–water partition coefficient (Wildman–Crippen LogP) is 2.96. The van der Waals surface area contributed by atoms with Crippen molar-refractivity contribution in [3.05, 3.63) is 34.6 Å². The average Bonchev–Trinajstić information content (AvgIpc) is 2.79. The highest BCUT2D eigenvalue weighted by Crippen LogP contribution is 2.26. The molecule has 0 spiro atoms. The number of halogens is 2. The van der Waals surface area contributed by atoms with Gasteiger partial charge in [0.05, 0.1) is 6.42 Å². The van der Waals surface area contributed by atoms with E-state index in [1.54, 1.807) is 12.1 Å². The molecule has 0 radical (unpaired) electrons. The number of aliphatic carboxylic acids is 1. The highest BCUT2D eigenvalue weighted by molar-refractivity contribution is 6.31. The molecule has 0 aromatic heterocycles. The van der Waals surface area contributed by atoms with Crippen molar-refractivity contribution in [3.63, 3.8) is 0 Å². The minimum Gasteiger partial charge on any atom is -0.481 e. The first-order valence-corrected chi connectivity index (χ1v) is 6.84. The summed E-state index contributed by atoms with van der Waals surface area (Å²) in [7, 11) is 0. The van der Waals surface area contributed by atoms with Gasteiger partial charge in [0.15, 0.2) is 0 Å². The van der Waals surface area contributed by atoms with E-state index in [2.05, 4.69) is 4.90 Å². The fourth-order valence-corrected chi connectivity index (χ4v) is 2.86. The molecule has 104 valence electrons. The highest BCUT2D eigenvalue weighted by Gasteiger charge is 2.26. The van der Waals surface area contributed by atoms with Crippen molar-refractivity contribution in [1.29, 1.82) is 0 Å². The van der Waals surface area contributed by atoms with Crippen LogP contribution in [0.25, 0.3) is 0 Å². The lowest BCUT2D eigenvalue weighted by Crippen LogP contribution is -2.33. The SMILES string of the molecule is O=C(O)CCN1CCC[C@H]1Cc1c(F)cccc1Cl. The second kappa shape index (κ2) is 6.35. The third-order valence-corrected chi connectivity index (χ3v) is 3.97. The molecule has 1 saturated heterocycles. The Morgan fingerprint density at radius 1 is 1.53 bits per heavy atom. The van der Waals surface area contributed by atoms with E-state index in [4.69, 9.17) is 16.7 Å². The topological polar surface area (TPSA) is 40.5 Å². The summed E-state index contributed by atoms with van der Waals surface area (Å²) < 4.78 is 13.7. The van der Waals surface area contributed by atoms with Gasteiger partial charge in [-0.25, -0.2) is 4.39 Å². The standard InChI is InChI=1S/C14H17ClFNO2/c15-12-4-1-5-13(16)11(12)9-10-3-2-7-17(10)8-6-14(18)19/h1,4-5,10H,2-3,6-9H2,(H,18,19)/t10-/m0/s1. The van der Waals surface area contributed by atoms with Gasteiger partial charge in [0.1, 0.15) is 5.82 Å². The van der Waals surface area contributed by atoms with Crippen molar-refractivity contribution in [2.45, 2.75) is 31.7 Å². The first-order valence-electron chi connectivity index (χ1n) is 6.46. The van der Waals surface area contributed by atoms with E-state index in [1.165, 1.54) is 6.07 Å². The summed E-state index contributed by atoms with van der Waals surface area (Å²) >= 11 is 6.03. The van der Waals surface area contributed by atoms with Crippen LogP contribution in [-0.2, 0) is 11.2 Å². The maximum absolute atomic E-state index is 13.7. The Hall–Kier alpha value is -1.13. The molecule has 1 aliphatic heterocycles. The van der Waals surface area contributed by atoms with E-state index < -0.39 is 5.97 Å². The molecular formula is C14H17ClFNO2. The lowest BCUT2D eigenvalue weighted by Gasteiger charge is -2.24. The van der Waals surface area contributed by atoms with Gasteiger partial charge >= 0.3 is 5.97 Å². The Bertz CT molecular complexity index is 447. The first-order chi connectivity index (χ1) is 9.08. The zero-order valence-corrected chi connectivity index (χ0v) is 11.4. The molecule has 0 bridgehead atoms. The van der Waals surface area contributed by atoms with Crippen LogP contribution in [0.4, 0.5) is 4.39 Å². The Kier molecular flexibility index (Phi) is 4.77. The lowest BCUT2D eigenvalue weighted by molar-refractivity contribution is -0.137. The van der Waals surface area contributed by atoms with Crippen molar-refractivity contribution in [2.24, 2.45) is 0 Å². The summed E-state index contributed by atoms with van der Waals surface area (Å²) in [6.07, 6.45) is 2.66. The molecule has 0 amide bonds. The van der Waals surface area contributed by atoms with E-state index in [0.717, 1.165) is 19.4 Å². The van der Waals surface area contributed by atoms with Crippen LogP contribution in [0.2, 0.25) is 5.02 Å². The molecular weight excluding hydrogens is 269 g/mol. The van der Waals surface area contributed by atoms with Crippen molar-refractivity contribution in [1.82, 2.24) is 4.90 Å². The Morgan fingerprint density at radius 2 is 2.32 bits per heavy atom. The van der Waals surface area contributed by atoms with Crippen LogP contribution in [-0.4, -0.2) is 35.1 Å². The summed E-state index contributed by atoms with van der Waals surface area (Å²) in [4.78, 5) is 12.7. The highest BCUT2D eigenvalue weighted by atomic mass is 35.5. The number of likely N-dealkylation sites (tertiary alicyclic amines) is 1. The van der Waals surface area contributed by atoms with Gasteiger partial charge in [-0.2, -0.15) is 0 Å². The summed E-state index contributed by atoms with van der Waals surface area (Å²) in [5, 5.41) is 9.18. The number of carboxylic acids is 1. The normalized spacial score (nSPS) is 19.8. The monoisotopic (exact) mass is 285 g/mol. The number of rotatable bonds is 5. The van der Waals surface area contributed by atoms with Gasteiger partial charge in [0.2, 0.25) is 0 Å². The smallest absolute Gasteiger partial charge is 0.304 e. The molecule has 1 aliphatic rings. The molecule has 1 fully saturated rings. The van der Waals surface area contributed by atoms with Crippen LogP contribution in [0.5, 0.6) is 0 Å². The zero-order valence-electron chi connectivity index (χ0n) is 10.6. The fourth-order valence-electron chi connectivity index (χ4n) is 2.62. The third-order valence-electron chi connectivity index (χ3n) is 3.61. The number of hydrogen-bond acceptors (Lipinski definition) is 2. The molecule has 3 nitrogen and oxygen atoms in total. The van der Waals surface area contributed by atoms with Gasteiger partial charge in [0.25, 0.3) is 0 Å². The first kappa shape index (κ1) is 14.3. The Balaban J connectivity index is 2.03. The molecule has 0 unspecified atom stereocenters. The Labute approximate surface area is 117 Å². The summed E-state index contributed by atoms with van der Waals surface area (Å²) in [5.74, 6) is -1.08. The fraction of sp³-hybridized carbons (Fsp3) is 0.500. The Morgan fingerprint density at radius 3 is 3.00 bits per heavy atom. The summed E-state index contributed by atoms with van der Waals surface area (Å²) in [6.45, 7) is 1.40. The molecule has 2 rings (SSSR count). The van der Waals surface area contributed by atoms with E-state index in [0.29, 0.717) is 23.6 Å². The molecule has 1 aromatic rings. The summed E-state index contributed by atoms with van der Waals surface area (Å²) in [6, 6.07) is 4.89. The van der Waals surface area contributed by atoms with Crippen molar-refractivity contribution in [2.75, 3.05) is 13.1 Å². The lowest BCUT2D eigenvalue weighted by atomic mass is 10.0. The molecule has 1 heterocycles. The minimum atomic E-state index is -0.797. The summed E-state index contributed by atoms with van der Waals surface area (Å²) in [5.41, 5.74) is 0.538. The molecule has 19 heavy (non-hydrogen) atoms. The molecule has 1 N–H and O–H groups in total. The minimum absolute atomic E-state index is 0.126. The molecule has 1 aromatic carbocycles. The van der Waals surface area contributed by atoms with Gasteiger partial charge in [0, 0.05) is 23.2 Å². The second-order valence-corrected chi connectivity index (χ2v) is 5.29. The van der Waals surface area contributed by atoms with Gasteiger partial charge in [-0.05, 0) is 37.9 Å². The van der Waals surface area contributed by atoms with Crippen LogP contribution in [0, 0.1) is 5.82 Å². The maximum Gasteiger partial charge on any atom is 0.304 e. The number of benzene rings is 1. The third kappa shape index (κ3) is 3.67. The van der Waals surface area contributed by atoms with Gasteiger partial charge < -0.3 is 5.11 Å². The second-order valence-electron chi connectivity index (χ2n) is 4.88. The maximum atomic E-state index is 13.7. The number of carboxylic acid groups (broad SMARTS) is 1. The van der Waals surface area contributed by atoms with Crippen molar-refractivity contribution in [3.8, 4) is 0 Å². The molecule has 5 heteroatoms. The van der Waals surface area contributed by atoms with Crippen LogP contribution in [0.3, 0.4) is 0 Å². The number of hydrogen-bond donors (Lipinski definition) is 1. The average molecular weight is 286 g/mol. The quantitative estimate of drug-likeness (QED) is 0.904. The van der Waals surface area contributed by atoms with Crippen LogP contribution >= 0.6 is 11.6 Å². The van der Waals surface area contributed by atoms with Crippen molar-refractivity contribution >= 4 is 17.6 Å². The van der Waals surface area contributed by atoms with E-state index in [9.17, 15) is 9.18 Å². The zero-order chi connectivity index (χ0) is 13.8. The predicted molar refractivity (Wildman–Crippen MR) is 72.0 cm³/mol. The van der Waals surface area contributed by atoms with Gasteiger partial charge in [-0.3, -0.25) is 9.69 Å². The number of carbonyl (C=O) groups is 1. The van der Waals surface area contributed by atoms with Gasteiger partial charge in [-0.1, -0.05) is 17.7 Å². The molecule has 0 saturated carbocycles. The largest absolute Gasteiger partial charge is 0.481 e. The van der Waals surface area contributed by atoms with Gasteiger partial charge in [-0.15, -0.1) is 0 Å². The van der Waals surface area contributed by atoms with Crippen LogP contribution < -0.4 is 0 Å². The van der Waals surface area contributed by atoms with Crippen molar-refractivity contribution < 1.29 is 14.3 Å². The van der Waals surface area contributed by atoms with E-state index >= 15 is 0 Å². The molecule has 1 atom stereocenters. The number of nitrogens with zero attached hydrogens (tertiary/aromatic N) is 1. The van der Waals surface area contributed by atoms with E-state index in [1.807, 2.05) is 0 Å². The molecule has 0 aliphatic carbocycles.